The molecular formula is C19H14N2O5. The van der Waals surface area contributed by atoms with Gasteiger partial charge in [-0.1, -0.05) is 18.2 Å². The molecule has 7 heteroatoms. The van der Waals surface area contributed by atoms with Crippen molar-refractivity contribution in [2.45, 2.75) is 13.0 Å². The lowest BCUT2D eigenvalue weighted by Gasteiger charge is -2.23. The van der Waals surface area contributed by atoms with Crippen LogP contribution in [0, 0.1) is 0 Å². The third-order valence-electron chi connectivity index (χ3n) is 4.05. The summed E-state index contributed by atoms with van der Waals surface area (Å²) in [5.41, 5.74) is 0.466. The lowest BCUT2D eigenvalue weighted by Crippen LogP contribution is -2.34. The molecule has 26 heavy (non-hydrogen) atoms. The van der Waals surface area contributed by atoms with Gasteiger partial charge in [-0.25, -0.2) is 4.79 Å². The topological polar surface area (TPSA) is 97.6 Å². The molecule has 1 aliphatic rings. The van der Waals surface area contributed by atoms with E-state index in [0.29, 0.717) is 28.1 Å². The molecule has 4 rings (SSSR count). The first-order valence-corrected chi connectivity index (χ1v) is 7.97. The Balaban J connectivity index is 1.63. The molecule has 0 saturated carbocycles. The van der Waals surface area contributed by atoms with E-state index in [0.717, 1.165) is 0 Å². The van der Waals surface area contributed by atoms with E-state index in [1.54, 1.807) is 49.4 Å². The number of benzene rings is 2. The Labute approximate surface area is 147 Å². The monoisotopic (exact) mass is 350 g/mol. The average Bonchev–Trinajstić information content (AvgIpc) is 2.62. The summed E-state index contributed by atoms with van der Waals surface area (Å²) in [6.45, 7) is 1.65. The van der Waals surface area contributed by atoms with Gasteiger partial charge in [-0.3, -0.25) is 9.59 Å². The average molecular weight is 350 g/mol. The third-order valence-corrected chi connectivity index (χ3v) is 4.05. The molecular weight excluding hydrogens is 336 g/mol. The predicted molar refractivity (Wildman–Crippen MR) is 95.6 cm³/mol. The molecule has 0 bridgehead atoms. The molecule has 0 radical (unpaired) electrons. The Hall–Kier alpha value is -3.61. The maximum absolute atomic E-state index is 12.5. The molecule has 0 saturated heterocycles. The zero-order valence-corrected chi connectivity index (χ0v) is 13.7. The van der Waals surface area contributed by atoms with Crippen molar-refractivity contribution in [3.8, 4) is 5.75 Å². The van der Waals surface area contributed by atoms with Crippen molar-refractivity contribution >= 4 is 34.2 Å². The molecule has 130 valence electrons. The zero-order chi connectivity index (χ0) is 18.3. The van der Waals surface area contributed by atoms with Gasteiger partial charge in [0.25, 0.3) is 11.8 Å². The summed E-state index contributed by atoms with van der Waals surface area (Å²) in [5.74, 6) is -0.350. The van der Waals surface area contributed by atoms with Gasteiger partial charge in [-0.15, -0.1) is 0 Å². The van der Waals surface area contributed by atoms with E-state index in [9.17, 15) is 14.4 Å². The number of hydrogen-bond donors (Lipinski definition) is 2. The Kier molecular flexibility index (Phi) is 3.69. The molecule has 1 aliphatic heterocycles. The van der Waals surface area contributed by atoms with Crippen molar-refractivity contribution in [1.82, 2.24) is 0 Å². The third kappa shape index (κ3) is 2.79. The Morgan fingerprint density at radius 2 is 1.92 bits per heavy atom. The summed E-state index contributed by atoms with van der Waals surface area (Å²) in [7, 11) is 0. The highest BCUT2D eigenvalue weighted by Gasteiger charge is 2.24. The van der Waals surface area contributed by atoms with Crippen LogP contribution in [0.15, 0.2) is 57.7 Å². The van der Waals surface area contributed by atoms with E-state index in [2.05, 4.69) is 10.6 Å². The van der Waals surface area contributed by atoms with Gasteiger partial charge in [0.2, 0.25) is 0 Å². The van der Waals surface area contributed by atoms with Gasteiger partial charge in [-0.2, -0.15) is 0 Å². The SMILES string of the molecule is C[C@@H]1Oc2ccc(NC(=O)c3cc4ccccc4oc3=O)cc2NC1=O. The number of amides is 2. The zero-order valence-electron chi connectivity index (χ0n) is 13.7. The molecule has 2 amide bonds. The van der Waals surface area contributed by atoms with Gasteiger partial charge in [0.05, 0.1) is 5.69 Å². The minimum Gasteiger partial charge on any atom is -0.479 e. The molecule has 2 N–H and O–H groups in total. The second-order valence-electron chi connectivity index (χ2n) is 5.90. The maximum Gasteiger partial charge on any atom is 0.349 e. The van der Waals surface area contributed by atoms with Crippen LogP contribution in [0.25, 0.3) is 11.0 Å². The highest BCUT2D eigenvalue weighted by atomic mass is 16.5. The second kappa shape index (κ2) is 6.03. The van der Waals surface area contributed by atoms with Gasteiger partial charge in [0, 0.05) is 11.1 Å². The number of ether oxygens (including phenoxy) is 1. The second-order valence-corrected chi connectivity index (χ2v) is 5.90. The van der Waals surface area contributed by atoms with Gasteiger partial charge >= 0.3 is 5.63 Å². The fourth-order valence-corrected chi connectivity index (χ4v) is 2.71. The lowest BCUT2D eigenvalue weighted by atomic mass is 10.1. The Bertz CT molecular complexity index is 1100. The highest BCUT2D eigenvalue weighted by molar-refractivity contribution is 6.06. The summed E-state index contributed by atoms with van der Waals surface area (Å²) in [6, 6.07) is 13.3. The first-order valence-electron chi connectivity index (χ1n) is 7.97. The van der Waals surface area contributed by atoms with Crippen LogP contribution in [-0.2, 0) is 4.79 Å². The van der Waals surface area contributed by atoms with Crippen molar-refractivity contribution < 1.29 is 18.7 Å². The van der Waals surface area contributed by atoms with Gasteiger partial charge in [-0.05, 0) is 37.3 Å². The number of carbonyl (C=O) groups excluding carboxylic acids is 2. The summed E-state index contributed by atoms with van der Waals surface area (Å²) in [6.07, 6.45) is -0.579. The number of carbonyl (C=O) groups is 2. The van der Waals surface area contributed by atoms with Crippen molar-refractivity contribution in [1.29, 1.82) is 0 Å². The van der Waals surface area contributed by atoms with Crippen LogP contribution in [0.2, 0.25) is 0 Å². The highest BCUT2D eigenvalue weighted by Crippen LogP contribution is 2.32. The van der Waals surface area contributed by atoms with Crippen LogP contribution in [0.3, 0.4) is 0 Å². The molecule has 0 aliphatic carbocycles. The van der Waals surface area contributed by atoms with Gasteiger partial charge in [0.15, 0.2) is 6.10 Å². The number of nitrogens with one attached hydrogen (secondary N) is 2. The number of hydrogen-bond acceptors (Lipinski definition) is 5. The molecule has 0 spiro atoms. The standard InChI is InChI=1S/C19H14N2O5/c1-10-17(22)21-14-9-12(6-7-16(14)25-10)20-18(23)13-8-11-4-2-3-5-15(11)26-19(13)24/h2-10H,1H3,(H,20,23)(H,21,22)/t10-/m0/s1. The molecule has 1 atom stereocenters. The minimum atomic E-state index is -0.718. The summed E-state index contributed by atoms with van der Waals surface area (Å²) in [4.78, 5) is 36.2. The van der Waals surface area contributed by atoms with E-state index in [1.165, 1.54) is 6.07 Å². The van der Waals surface area contributed by atoms with Crippen LogP contribution in [-0.4, -0.2) is 17.9 Å². The molecule has 2 heterocycles. The van der Waals surface area contributed by atoms with E-state index in [4.69, 9.17) is 9.15 Å². The molecule has 2 aromatic carbocycles. The number of fused-ring (bicyclic) bond motifs is 2. The Morgan fingerprint density at radius 1 is 1.12 bits per heavy atom. The van der Waals surface area contributed by atoms with E-state index in [1.807, 2.05) is 0 Å². The maximum atomic E-state index is 12.5. The van der Waals surface area contributed by atoms with Crippen LogP contribution >= 0.6 is 0 Å². The van der Waals surface area contributed by atoms with E-state index < -0.39 is 17.6 Å². The van der Waals surface area contributed by atoms with Crippen molar-refractivity contribution in [3.05, 3.63) is 64.5 Å². The molecule has 3 aromatic rings. The number of anilines is 2. The normalized spacial score (nSPS) is 15.7. The van der Waals surface area contributed by atoms with E-state index >= 15 is 0 Å². The quantitative estimate of drug-likeness (QED) is 0.693. The number of rotatable bonds is 2. The summed E-state index contributed by atoms with van der Waals surface area (Å²) >= 11 is 0. The summed E-state index contributed by atoms with van der Waals surface area (Å²) in [5, 5.41) is 5.99. The number of para-hydroxylation sites is 1. The molecule has 7 nitrogen and oxygen atoms in total. The van der Waals surface area contributed by atoms with Gasteiger partial charge in [0.1, 0.15) is 16.9 Å². The summed E-state index contributed by atoms with van der Waals surface area (Å²) < 4.78 is 10.6. The molecule has 1 aromatic heterocycles. The van der Waals surface area contributed by atoms with Crippen molar-refractivity contribution in [2.75, 3.05) is 10.6 Å². The smallest absolute Gasteiger partial charge is 0.349 e. The fourth-order valence-electron chi connectivity index (χ4n) is 2.71. The van der Waals surface area contributed by atoms with Crippen LogP contribution in [0.1, 0.15) is 17.3 Å². The van der Waals surface area contributed by atoms with Gasteiger partial charge < -0.3 is 19.8 Å². The van der Waals surface area contributed by atoms with Crippen LogP contribution in [0.4, 0.5) is 11.4 Å². The largest absolute Gasteiger partial charge is 0.479 e. The first kappa shape index (κ1) is 15.9. The van der Waals surface area contributed by atoms with Crippen LogP contribution < -0.4 is 21.0 Å². The van der Waals surface area contributed by atoms with Crippen molar-refractivity contribution in [2.24, 2.45) is 0 Å². The Morgan fingerprint density at radius 3 is 2.77 bits per heavy atom. The predicted octanol–water partition coefficient (Wildman–Crippen LogP) is 2.76. The molecule has 0 unspecified atom stereocenters. The lowest BCUT2D eigenvalue weighted by molar-refractivity contribution is -0.122. The van der Waals surface area contributed by atoms with Crippen molar-refractivity contribution in [3.63, 3.8) is 0 Å². The van der Waals surface area contributed by atoms with Crippen LogP contribution in [0.5, 0.6) is 5.75 Å². The minimum absolute atomic E-state index is 0.102. The molecule has 0 fully saturated rings. The van der Waals surface area contributed by atoms with E-state index in [-0.39, 0.29) is 11.5 Å². The first-order chi connectivity index (χ1) is 12.5. The fraction of sp³-hybridized carbons (Fsp3) is 0.105.